The summed E-state index contributed by atoms with van der Waals surface area (Å²) in [5, 5.41) is 3.17. The molecular weight excluding hydrogens is 448 g/mol. The summed E-state index contributed by atoms with van der Waals surface area (Å²) < 4.78 is 11.0. The lowest BCUT2D eigenvalue weighted by Crippen LogP contribution is -2.32. The molecule has 1 aliphatic heterocycles. The van der Waals surface area contributed by atoms with Crippen molar-refractivity contribution in [3.63, 3.8) is 0 Å². The number of benzene rings is 3. The number of hydrogen-bond donors (Lipinski definition) is 1. The summed E-state index contributed by atoms with van der Waals surface area (Å²) in [4.78, 5) is 29.4. The van der Waals surface area contributed by atoms with Crippen molar-refractivity contribution in [2.24, 2.45) is 0 Å². The highest BCUT2D eigenvalue weighted by Crippen LogP contribution is 2.38. The molecule has 0 aromatic heterocycles. The first kappa shape index (κ1) is 23.4. The van der Waals surface area contributed by atoms with Crippen molar-refractivity contribution in [3.8, 4) is 11.5 Å². The van der Waals surface area contributed by atoms with Crippen LogP contribution in [0.2, 0.25) is 0 Å². The summed E-state index contributed by atoms with van der Waals surface area (Å²) in [6.45, 7) is 6.93. The maximum absolute atomic E-state index is 13.5. The van der Waals surface area contributed by atoms with Gasteiger partial charge < -0.3 is 14.8 Å². The van der Waals surface area contributed by atoms with E-state index in [0.29, 0.717) is 35.2 Å². The topological polar surface area (TPSA) is 67.9 Å². The Labute approximate surface area is 203 Å². The fourth-order valence-electron chi connectivity index (χ4n) is 3.48. The van der Waals surface area contributed by atoms with E-state index >= 15 is 0 Å². The third kappa shape index (κ3) is 5.10. The second kappa shape index (κ2) is 10.5. The van der Waals surface area contributed by atoms with Crippen molar-refractivity contribution in [2.75, 3.05) is 23.4 Å². The molecule has 0 aliphatic carbocycles. The van der Waals surface area contributed by atoms with Crippen molar-refractivity contribution in [1.29, 1.82) is 0 Å². The highest BCUT2D eigenvalue weighted by atomic mass is 32.2. The number of hydrogen-bond acceptors (Lipinski definition) is 6. The minimum absolute atomic E-state index is 0.244. The van der Waals surface area contributed by atoms with Gasteiger partial charge in [0.05, 0.1) is 18.9 Å². The fourth-order valence-corrected chi connectivity index (χ4v) is 4.40. The van der Waals surface area contributed by atoms with Crippen molar-refractivity contribution in [2.45, 2.75) is 25.7 Å². The van der Waals surface area contributed by atoms with Gasteiger partial charge in [-0.2, -0.15) is 0 Å². The van der Waals surface area contributed by atoms with Crippen LogP contribution in [0, 0.1) is 6.92 Å². The molecule has 3 aromatic rings. The van der Waals surface area contributed by atoms with Crippen LogP contribution < -0.4 is 19.7 Å². The van der Waals surface area contributed by atoms with Gasteiger partial charge in [0.2, 0.25) is 0 Å². The summed E-state index contributed by atoms with van der Waals surface area (Å²) in [6, 6.07) is 22.1. The molecule has 0 fully saturated rings. The van der Waals surface area contributed by atoms with Crippen molar-refractivity contribution in [1.82, 2.24) is 0 Å². The molecule has 1 aliphatic rings. The Morgan fingerprint density at radius 2 is 1.32 bits per heavy atom. The minimum atomic E-state index is -0.405. The van der Waals surface area contributed by atoms with Gasteiger partial charge in [-0.25, -0.2) is 4.90 Å². The van der Waals surface area contributed by atoms with Crippen LogP contribution in [0.1, 0.15) is 19.4 Å². The van der Waals surface area contributed by atoms with Gasteiger partial charge in [0.1, 0.15) is 22.1 Å². The first-order valence-electron chi connectivity index (χ1n) is 11.1. The highest BCUT2D eigenvalue weighted by Gasteiger charge is 2.40. The van der Waals surface area contributed by atoms with E-state index in [9.17, 15) is 9.59 Å². The zero-order valence-electron chi connectivity index (χ0n) is 19.3. The van der Waals surface area contributed by atoms with E-state index in [1.165, 1.54) is 16.7 Å². The lowest BCUT2D eigenvalue weighted by atomic mass is 10.2. The van der Waals surface area contributed by atoms with Crippen molar-refractivity contribution in [3.05, 3.63) is 89.0 Å². The van der Waals surface area contributed by atoms with E-state index < -0.39 is 5.91 Å². The van der Waals surface area contributed by atoms with E-state index in [2.05, 4.69) is 5.32 Å². The molecule has 4 rings (SSSR count). The Bertz CT molecular complexity index is 1200. The maximum Gasteiger partial charge on any atom is 0.283 e. The van der Waals surface area contributed by atoms with Crippen LogP contribution in [-0.2, 0) is 9.59 Å². The van der Waals surface area contributed by atoms with Gasteiger partial charge in [0, 0.05) is 10.6 Å². The van der Waals surface area contributed by atoms with Gasteiger partial charge in [-0.05, 0) is 81.4 Å². The van der Waals surface area contributed by atoms with Crippen molar-refractivity contribution >= 4 is 35.0 Å². The molecule has 0 spiro atoms. The quantitative estimate of drug-likeness (QED) is 0.397. The van der Waals surface area contributed by atoms with Crippen LogP contribution in [-0.4, -0.2) is 25.0 Å². The number of ether oxygens (including phenoxy) is 2. The normalized spacial score (nSPS) is 13.4. The molecule has 1 N–H and O–H groups in total. The summed E-state index contributed by atoms with van der Waals surface area (Å²) in [5.74, 6) is 0.646. The summed E-state index contributed by atoms with van der Waals surface area (Å²) in [7, 11) is 0. The molecule has 34 heavy (non-hydrogen) atoms. The Morgan fingerprint density at radius 3 is 1.88 bits per heavy atom. The van der Waals surface area contributed by atoms with Crippen LogP contribution >= 0.6 is 11.8 Å². The van der Waals surface area contributed by atoms with Crippen LogP contribution in [0.3, 0.4) is 0 Å². The van der Waals surface area contributed by atoms with E-state index in [0.717, 1.165) is 16.2 Å². The number of nitrogens with zero attached hydrogens (tertiary/aromatic N) is 1. The number of imide groups is 1. The van der Waals surface area contributed by atoms with Crippen molar-refractivity contribution < 1.29 is 19.1 Å². The average molecular weight is 475 g/mol. The molecule has 0 atom stereocenters. The van der Waals surface area contributed by atoms with Gasteiger partial charge in [-0.15, -0.1) is 0 Å². The van der Waals surface area contributed by atoms with Crippen LogP contribution in [0.15, 0.2) is 88.3 Å². The van der Waals surface area contributed by atoms with Gasteiger partial charge in [0.25, 0.3) is 11.8 Å². The number of carbonyl (C=O) groups is 2. The Balaban J connectivity index is 1.67. The molecule has 3 aromatic carbocycles. The number of nitrogens with one attached hydrogen (secondary N) is 1. The summed E-state index contributed by atoms with van der Waals surface area (Å²) >= 11 is 1.28. The second-order valence-electron chi connectivity index (χ2n) is 7.57. The van der Waals surface area contributed by atoms with Gasteiger partial charge in [0.15, 0.2) is 0 Å². The summed E-state index contributed by atoms with van der Waals surface area (Å²) in [6.07, 6.45) is 0. The lowest BCUT2D eigenvalue weighted by Gasteiger charge is -2.16. The van der Waals surface area contributed by atoms with E-state index in [4.69, 9.17) is 9.47 Å². The molecule has 0 unspecified atom stereocenters. The van der Waals surface area contributed by atoms with Crippen LogP contribution in [0.25, 0.3) is 0 Å². The molecule has 0 radical (unpaired) electrons. The number of aryl methyl sites for hydroxylation is 1. The highest BCUT2D eigenvalue weighted by molar-refractivity contribution is 8.04. The fraction of sp³-hybridized carbons (Fsp3) is 0.185. The SMILES string of the molecule is CCOc1ccc(NC2=C(Sc3ccc(C)cc3)C(=O)N(c3ccc(OCC)cc3)C2=O)cc1. The van der Waals surface area contributed by atoms with E-state index in [1.807, 2.05) is 69.3 Å². The number of carbonyl (C=O) groups excluding carboxylic acids is 2. The number of anilines is 2. The van der Waals surface area contributed by atoms with Gasteiger partial charge in [-0.3, -0.25) is 9.59 Å². The molecule has 2 amide bonds. The zero-order chi connectivity index (χ0) is 24.1. The number of thioether (sulfide) groups is 1. The van der Waals surface area contributed by atoms with Crippen LogP contribution in [0.5, 0.6) is 11.5 Å². The predicted molar refractivity (Wildman–Crippen MR) is 135 cm³/mol. The van der Waals surface area contributed by atoms with Gasteiger partial charge in [-0.1, -0.05) is 29.5 Å². The number of rotatable bonds is 9. The lowest BCUT2D eigenvalue weighted by molar-refractivity contribution is -0.120. The third-order valence-corrected chi connectivity index (χ3v) is 6.21. The minimum Gasteiger partial charge on any atom is -0.494 e. The maximum atomic E-state index is 13.5. The largest absolute Gasteiger partial charge is 0.494 e. The predicted octanol–water partition coefficient (Wildman–Crippen LogP) is 5.78. The second-order valence-corrected chi connectivity index (χ2v) is 8.66. The van der Waals surface area contributed by atoms with E-state index in [-0.39, 0.29) is 11.6 Å². The molecule has 1 heterocycles. The molecule has 0 bridgehead atoms. The first-order chi connectivity index (χ1) is 16.5. The van der Waals surface area contributed by atoms with E-state index in [1.54, 1.807) is 24.3 Å². The molecular formula is C27H26N2O4S. The molecule has 7 heteroatoms. The smallest absolute Gasteiger partial charge is 0.283 e. The van der Waals surface area contributed by atoms with Gasteiger partial charge >= 0.3 is 0 Å². The Kier molecular flexibility index (Phi) is 7.23. The Morgan fingerprint density at radius 1 is 0.765 bits per heavy atom. The first-order valence-corrected chi connectivity index (χ1v) is 11.9. The van der Waals surface area contributed by atoms with Crippen LogP contribution in [0.4, 0.5) is 11.4 Å². The monoisotopic (exact) mass is 474 g/mol. The molecule has 6 nitrogen and oxygen atoms in total. The molecule has 174 valence electrons. The average Bonchev–Trinajstić information content (AvgIpc) is 3.06. The summed E-state index contributed by atoms with van der Waals surface area (Å²) in [5.41, 5.74) is 2.55. The zero-order valence-corrected chi connectivity index (χ0v) is 20.1. The molecule has 0 saturated carbocycles. The third-order valence-electron chi connectivity index (χ3n) is 5.12. The Hall–Kier alpha value is -3.71. The number of amides is 2. The standard InChI is InChI=1S/C27H26N2O4S/c1-4-32-21-12-8-19(9-13-21)28-24-25(34-23-16-6-18(3)7-17-23)27(31)29(26(24)30)20-10-14-22(15-11-20)33-5-2/h6-17,28H,4-5H2,1-3H3. The molecule has 0 saturated heterocycles.